The van der Waals surface area contributed by atoms with Crippen LogP contribution in [0.1, 0.15) is 32.1 Å². The predicted octanol–water partition coefficient (Wildman–Crippen LogP) is 2.11. The van der Waals surface area contributed by atoms with Crippen LogP contribution in [0.5, 0.6) is 0 Å². The SMILES string of the molecule is CCC1CNC(C)(C)CN1Cc1cncs1. The molecular weight excluding hydrogens is 218 g/mol. The number of hydrogen-bond acceptors (Lipinski definition) is 4. The van der Waals surface area contributed by atoms with Crippen LogP contribution in [0.15, 0.2) is 11.7 Å². The Labute approximate surface area is 102 Å². The monoisotopic (exact) mass is 239 g/mol. The topological polar surface area (TPSA) is 28.2 Å². The number of nitrogens with zero attached hydrogens (tertiary/aromatic N) is 2. The van der Waals surface area contributed by atoms with Crippen LogP contribution in [0.3, 0.4) is 0 Å². The van der Waals surface area contributed by atoms with Gasteiger partial charge in [-0.25, -0.2) is 0 Å². The standard InChI is InChI=1S/C12H21N3S/c1-4-10-5-14-12(2,3)8-15(10)7-11-6-13-9-16-11/h6,9-10,14H,4-5,7-8H2,1-3H3. The number of thiazole rings is 1. The zero-order valence-electron chi connectivity index (χ0n) is 10.4. The summed E-state index contributed by atoms with van der Waals surface area (Å²) in [5.74, 6) is 0. The van der Waals surface area contributed by atoms with E-state index in [1.165, 1.54) is 11.3 Å². The number of hydrogen-bond donors (Lipinski definition) is 1. The summed E-state index contributed by atoms with van der Waals surface area (Å²) in [6, 6.07) is 0.662. The summed E-state index contributed by atoms with van der Waals surface area (Å²) in [6.07, 6.45) is 3.20. The van der Waals surface area contributed by atoms with Crippen LogP contribution in [0.4, 0.5) is 0 Å². The fourth-order valence-corrected chi connectivity index (χ4v) is 2.94. The third kappa shape index (κ3) is 2.81. The molecule has 0 amide bonds. The van der Waals surface area contributed by atoms with Crippen molar-refractivity contribution in [2.75, 3.05) is 13.1 Å². The summed E-state index contributed by atoms with van der Waals surface area (Å²) >= 11 is 1.76. The second-order valence-electron chi connectivity index (χ2n) is 5.20. The lowest BCUT2D eigenvalue weighted by Gasteiger charge is -2.44. The van der Waals surface area contributed by atoms with Crippen molar-refractivity contribution in [2.45, 2.75) is 45.3 Å². The van der Waals surface area contributed by atoms with Crippen LogP contribution in [0, 0.1) is 0 Å². The Morgan fingerprint density at radius 2 is 2.44 bits per heavy atom. The van der Waals surface area contributed by atoms with E-state index in [1.807, 2.05) is 11.7 Å². The van der Waals surface area contributed by atoms with Gasteiger partial charge in [0.25, 0.3) is 0 Å². The van der Waals surface area contributed by atoms with E-state index in [2.05, 4.69) is 36.0 Å². The molecule has 4 heteroatoms. The minimum Gasteiger partial charge on any atom is -0.309 e. The quantitative estimate of drug-likeness (QED) is 0.875. The third-order valence-corrected chi connectivity index (χ3v) is 4.01. The zero-order chi connectivity index (χ0) is 11.6. The van der Waals surface area contributed by atoms with Gasteiger partial charge in [0.05, 0.1) is 5.51 Å². The lowest BCUT2D eigenvalue weighted by molar-refractivity contribution is 0.0867. The molecule has 0 aromatic carbocycles. The normalized spacial score (nSPS) is 25.8. The van der Waals surface area contributed by atoms with Gasteiger partial charge in [0.15, 0.2) is 0 Å². The Morgan fingerprint density at radius 3 is 3.06 bits per heavy atom. The summed E-state index contributed by atoms with van der Waals surface area (Å²) in [7, 11) is 0. The van der Waals surface area contributed by atoms with E-state index in [0.29, 0.717) is 6.04 Å². The average molecular weight is 239 g/mol. The zero-order valence-corrected chi connectivity index (χ0v) is 11.2. The Balaban J connectivity index is 2.03. The van der Waals surface area contributed by atoms with Crippen molar-refractivity contribution in [3.63, 3.8) is 0 Å². The second-order valence-corrected chi connectivity index (χ2v) is 6.17. The highest BCUT2D eigenvalue weighted by Gasteiger charge is 2.31. The van der Waals surface area contributed by atoms with Crippen LogP contribution in [0.2, 0.25) is 0 Å². The highest BCUT2D eigenvalue weighted by atomic mass is 32.1. The van der Waals surface area contributed by atoms with E-state index in [4.69, 9.17) is 0 Å². The number of rotatable bonds is 3. The van der Waals surface area contributed by atoms with Gasteiger partial charge in [0, 0.05) is 42.3 Å². The molecular formula is C12H21N3S. The van der Waals surface area contributed by atoms with Crippen molar-refractivity contribution >= 4 is 11.3 Å². The van der Waals surface area contributed by atoms with E-state index < -0.39 is 0 Å². The van der Waals surface area contributed by atoms with Gasteiger partial charge in [-0.2, -0.15) is 0 Å². The van der Waals surface area contributed by atoms with Crippen LogP contribution < -0.4 is 5.32 Å². The van der Waals surface area contributed by atoms with Gasteiger partial charge in [0.2, 0.25) is 0 Å². The van der Waals surface area contributed by atoms with Gasteiger partial charge in [-0.05, 0) is 20.3 Å². The summed E-state index contributed by atoms with van der Waals surface area (Å²) in [4.78, 5) is 8.11. The van der Waals surface area contributed by atoms with Crippen molar-refractivity contribution in [3.8, 4) is 0 Å². The number of aromatic nitrogens is 1. The highest BCUT2D eigenvalue weighted by Crippen LogP contribution is 2.20. The van der Waals surface area contributed by atoms with E-state index in [1.54, 1.807) is 11.3 Å². The fourth-order valence-electron chi connectivity index (χ4n) is 2.32. The van der Waals surface area contributed by atoms with Crippen molar-refractivity contribution in [3.05, 3.63) is 16.6 Å². The maximum absolute atomic E-state index is 4.15. The predicted molar refractivity (Wildman–Crippen MR) is 68.7 cm³/mol. The van der Waals surface area contributed by atoms with E-state index in [0.717, 1.165) is 19.6 Å². The summed E-state index contributed by atoms with van der Waals surface area (Å²) in [6.45, 7) is 10.1. The maximum atomic E-state index is 4.15. The number of nitrogens with one attached hydrogen (secondary N) is 1. The molecule has 0 aliphatic carbocycles. The number of piperazine rings is 1. The third-order valence-electron chi connectivity index (χ3n) is 3.24. The van der Waals surface area contributed by atoms with Crippen LogP contribution in [-0.2, 0) is 6.54 Å². The molecule has 0 spiro atoms. The Hall–Kier alpha value is -0.450. The average Bonchev–Trinajstić information content (AvgIpc) is 2.70. The molecule has 1 aromatic rings. The molecule has 0 radical (unpaired) electrons. The Kier molecular flexibility index (Phi) is 3.62. The second kappa shape index (κ2) is 4.82. The molecule has 0 bridgehead atoms. The van der Waals surface area contributed by atoms with Crippen molar-refractivity contribution in [1.29, 1.82) is 0 Å². The Morgan fingerprint density at radius 1 is 1.62 bits per heavy atom. The molecule has 1 atom stereocenters. The van der Waals surface area contributed by atoms with Gasteiger partial charge >= 0.3 is 0 Å². The van der Waals surface area contributed by atoms with Crippen molar-refractivity contribution < 1.29 is 0 Å². The van der Waals surface area contributed by atoms with Gasteiger partial charge in [-0.1, -0.05) is 6.92 Å². The molecule has 3 nitrogen and oxygen atoms in total. The molecule has 90 valence electrons. The van der Waals surface area contributed by atoms with Crippen LogP contribution in [0.25, 0.3) is 0 Å². The molecule has 16 heavy (non-hydrogen) atoms. The molecule has 1 fully saturated rings. The van der Waals surface area contributed by atoms with E-state index >= 15 is 0 Å². The van der Waals surface area contributed by atoms with Gasteiger partial charge in [0.1, 0.15) is 0 Å². The summed E-state index contributed by atoms with van der Waals surface area (Å²) in [5.41, 5.74) is 2.15. The largest absolute Gasteiger partial charge is 0.309 e. The first kappa shape index (κ1) is 12.0. The maximum Gasteiger partial charge on any atom is 0.0794 e. The first-order chi connectivity index (χ1) is 7.61. The first-order valence-electron chi connectivity index (χ1n) is 5.97. The lowest BCUT2D eigenvalue weighted by Crippen LogP contribution is -2.60. The molecule has 1 unspecified atom stereocenters. The molecule has 1 aliphatic heterocycles. The first-order valence-corrected chi connectivity index (χ1v) is 6.85. The fraction of sp³-hybridized carbons (Fsp3) is 0.750. The minimum absolute atomic E-state index is 0.232. The highest BCUT2D eigenvalue weighted by molar-refractivity contribution is 7.09. The minimum atomic E-state index is 0.232. The summed E-state index contributed by atoms with van der Waals surface area (Å²) in [5, 5.41) is 3.62. The molecule has 2 heterocycles. The molecule has 1 N–H and O–H groups in total. The molecule has 1 aliphatic rings. The Bertz CT molecular complexity index is 321. The smallest absolute Gasteiger partial charge is 0.0794 e. The van der Waals surface area contributed by atoms with E-state index in [9.17, 15) is 0 Å². The summed E-state index contributed by atoms with van der Waals surface area (Å²) < 4.78 is 0. The van der Waals surface area contributed by atoms with Crippen molar-refractivity contribution in [2.24, 2.45) is 0 Å². The molecule has 2 rings (SSSR count). The van der Waals surface area contributed by atoms with E-state index in [-0.39, 0.29) is 5.54 Å². The van der Waals surface area contributed by atoms with Crippen LogP contribution in [-0.4, -0.2) is 34.6 Å². The molecule has 1 aromatic heterocycles. The molecule has 1 saturated heterocycles. The van der Waals surface area contributed by atoms with Gasteiger partial charge in [-0.15, -0.1) is 11.3 Å². The molecule has 0 saturated carbocycles. The van der Waals surface area contributed by atoms with Crippen LogP contribution >= 0.6 is 11.3 Å². The van der Waals surface area contributed by atoms with Gasteiger partial charge < -0.3 is 5.32 Å². The lowest BCUT2D eigenvalue weighted by atomic mass is 9.97. The van der Waals surface area contributed by atoms with Crippen molar-refractivity contribution in [1.82, 2.24) is 15.2 Å². The van der Waals surface area contributed by atoms with Gasteiger partial charge in [-0.3, -0.25) is 9.88 Å².